The highest BCUT2D eigenvalue weighted by atomic mass is 32.2. The van der Waals surface area contributed by atoms with E-state index in [9.17, 15) is 15.2 Å². The van der Waals surface area contributed by atoms with Crippen LogP contribution in [0, 0.1) is 10.1 Å². The van der Waals surface area contributed by atoms with Crippen LogP contribution in [0.4, 0.5) is 5.69 Å². The minimum atomic E-state index is -0.693. The molecule has 1 aliphatic rings. The smallest absolute Gasteiger partial charge is 0.269 e. The van der Waals surface area contributed by atoms with Gasteiger partial charge in [0.15, 0.2) is 0 Å². The number of hydrogen-bond donors (Lipinski definition) is 1. The number of aliphatic hydroxyl groups is 1. The fourth-order valence-electron chi connectivity index (χ4n) is 4.77. The molecule has 1 saturated heterocycles. The molecular formula is C33H33NO7S. The molecule has 0 bridgehead atoms. The van der Waals surface area contributed by atoms with Gasteiger partial charge in [-0.25, -0.2) is 0 Å². The third kappa shape index (κ3) is 8.04. The zero-order chi connectivity index (χ0) is 29.1. The monoisotopic (exact) mass is 587 g/mol. The van der Waals surface area contributed by atoms with E-state index in [1.54, 1.807) is 12.1 Å². The summed E-state index contributed by atoms with van der Waals surface area (Å²) in [5.74, 6) is 0. The number of hydrogen-bond acceptors (Lipinski definition) is 8. The molecule has 0 saturated carbocycles. The lowest BCUT2D eigenvalue weighted by atomic mass is 9.99. The standard InChI is InChI=1S/C33H33NO7S/c35-20-29-30(38-21-24-10-4-1-5-11-24)31(39-22-25-12-6-2-7-13-25)32(40-23-26-14-8-3-9-15-26)33(41-29)42-28-18-16-27(17-19-28)34(36)37/h1-19,29-33,35H,20-23H2/t29-,30-,31+,32-,33+/m1/s1. The SMILES string of the molecule is O=[N+]([O-])c1ccc(S[C@@H]2O[C@H](CO)[C@@H](OCc3ccccc3)[C@H](OCc3ccccc3)[C@H]2OCc2ccccc2)cc1. The van der Waals surface area contributed by atoms with E-state index >= 15 is 0 Å². The van der Waals surface area contributed by atoms with Crippen LogP contribution in [0.25, 0.3) is 0 Å². The molecule has 1 heterocycles. The van der Waals surface area contributed by atoms with E-state index in [4.69, 9.17) is 18.9 Å². The van der Waals surface area contributed by atoms with Gasteiger partial charge in [0, 0.05) is 17.0 Å². The maximum absolute atomic E-state index is 11.2. The van der Waals surface area contributed by atoms with Crippen LogP contribution in [0.2, 0.25) is 0 Å². The summed E-state index contributed by atoms with van der Waals surface area (Å²) < 4.78 is 26.0. The summed E-state index contributed by atoms with van der Waals surface area (Å²) in [6.07, 6.45) is -2.52. The van der Waals surface area contributed by atoms with E-state index in [-0.39, 0.29) is 12.3 Å². The minimum Gasteiger partial charge on any atom is -0.394 e. The second-order valence-corrected chi connectivity index (χ2v) is 11.0. The van der Waals surface area contributed by atoms with Crippen molar-refractivity contribution < 1.29 is 29.0 Å². The summed E-state index contributed by atoms with van der Waals surface area (Å²) in [5.41, 5.74) is 2.38. The van der Waals surface area contributed by atoms with Gasteiger partial charge >= 0.3 is 0 Å². The van der Waals surface area contributed by atoms with Crippen molar-refractivity contribution in [3.63, 3.8) is 0 Å². The number of thioether (sulfide) groups is 1. The number of nitrogens with zero attached hydrogens (tertiary/aromatic N) is 1. The van der Waals surface area contributed by atoms with Crippen LogP contribution < -0.4 is 0 Å². The largest absolute Gasteiger partial charge is 0.394 e. The Hall–Kier alpha value is -3.57. The quantitative estimate of drug-likeness (QED) is 0.147. The third-order valence-electron chi connectivity index (χ3n) is 6.93. The molecule has 0 spiro atoms. The molecule has 218 valence electrons. The molecule has 1 fully saturated rings. The van der Waals surface area contributed by atoms with Crippen LogP contribution in [0.3, 0.4) is 0 Å². The van der Waals surface area contributed by atoms with Gasteiger partial charge in [-0.15, -0.1) is 0 Å². The third-order valence-corrected chi connectivity index (χ3v) is 8.08. The molecule has 0 amide bonds. The van der Waals surface area contributed by atoms with Gasteiger partial charge < -0.3 is 24.1 Å². The molecule has 0 aliphatic carbocycles. The predicted octanol–water partition coefficient (Wildman–Crippen LogP) is 6.16. The molecule has 4 aromatic rings. The highest BCUT2D eigenvalue weighted by Crippen LogP contribution is 2.38. The molecule has 4 aromatic carbocycles. The van der Waals surface area contributed by atoms with E-state index in [0.29, 0.717) is 19.8 Å². The topological polar surface area (TPSA) is 100 Å². The van der Waals surface area contributed by atoms with Crippen LogP contribution in [0.1, 0.15) is 16.7 Å². The summed E-state index contributed by atoms with van der Waals surface area (Å²) in [7, 11) is 0. The van der Waals surface area contributed by atoms with Crippen molar-refractivity contribution in [1.82, 2.24) is 0 Å². The van der Waals surface area contributed by atoms with Crippen LogP contribution >= 0.6 is 11.8 Å². The van der Waals surface area contributed by atoms with Gasteiger partial charge in [-0.05, 0) is 28.8 Å². The van der Waals surface area contributed by atoms with Crippen LogP contribution in [-0.2, 0) is 38.8 Å². The Morgan fingerprint density at radius 2 is 1.12 bits per heavy atom. The molecule has 8 nitrogen and oxygen atoms in total. The summed E-state index contributed by atoms with van der Waals surface area (Å²) in [6.45, 7) is 0.650. The summed E-state index contributed by atoms with van der Waals surface area (Å²) >= 11 is 1.37. The second kappa shape index (κ2) is 15.1. The van der Waals surface area contributed by atoms with Gasteiger partial charge in [0.1, 0.15) is 29.9 Å². The predicted molar refractivity (Wildman–Crippen MR) is 160 cm³/mol. The molecule has 42 heavy (non-hydrogen) atoms. The van der Waals surface area contributed by atoms with Crippen molar-refractivity contribution >= 4 is 17.4 Å². The zero-order valence-electron chi connectivity index (χ0n) is 22.9. The molecule has 5 rings (SSSR count). The summed E-state index contributed by atoms with van der Waals surface area (Å²) in [5, 5.41) is 21.6. The van der Waals surface area contributed by atoms with Crippen molar-refractivity contribution in [2.45, 2.75) is 54.6 Å². The average Bonchev–Trinajstić information content (AvgIpc) is 3.04. The highest BCUT2D eigenvalue weighted by molar-refractivity contribution is 7.99. The lowest BCUT2D eigenvalue weighted by Gasteiger charge is -2.45. The first kappa shape index (κ1) is 29.9. The molecule has 5 atom stereocenters. The van der Waals surface area contributed by atoms with Crippen LogP contribution in [0.5, 0.6) is 0 Å². The maximum Gasteiger partial charge on any atom is 0.269 e. The lowest BCUT2D eigenvalue weighted by Crippen LogP contribution is -2.60. The van der Waals surface area contributed by atoms with E-state index in [0.717, 1.165) is 21.6 Å². The molecule has 1 aliphatic heterocycles. The first-order valence-corrected chi connectivity index (χ1v) is 14.6. The van der Waals surface area contributed by atoms with E-state index < -0.39 is 34.8 Å². The van der Waals surface area contributed by atoms with Crippen molar-refractivity contribution in [2.75, 3.05) is 6.61 Å². The van der Waals surface area contributed by atoms with E-state index in [1.165, 1.54) is 23.9 Å². The number of benzene rings is 4. The maximum atomic E-state index is 11.2. The van der Waals surface area contributed by atoms with E-state index in [1.807, 2.05) is 91.0 Å². The number of nitro benzene ring substituents is 1. The van der Waals surface area contributed by atoms with Crippen molar-refractivity contribution in [3.8, 4) is 0 Å². The van der Waals surface area contributed by atoms with Crippen molar-refractivity contribution in [2.24, 2.45) is 0 Å². The summed E-state index contributed by atoms with van der Waals surface area (Å²) in [4.78, 5) is 11.5. The normalized spacial score (nSPS) is 22.1. The highest BCUT2D eigenvalue weighted by Gasteiger charge is 2.48. The summed E-state index contributed by atoms with van der Waals surface area (Å²) in [6, 6.07) is 35.8. The van der Waals surface area contributed by atoms with Gasteiger partial charge in [-0.2, -0.15) is 0 Å². The molecule has 1 N–H and O–H groups in total. The Morgan fingerprint density at radius 3 is 1.57 bits per heavy atom. The first-order valence-electron chi connectivity index (χ1n) is 13.7. The second-order valence-electron chi connectivity index (χ2n) is 9.88. The Labute approximate surface area is 249 Å². The van der Waals surface area contributed by atoms with Gasteiger partial charge in [0.2, 0.25) is 0 Å². The first-order chi connectivity index (χ1) is 20.6. The Bertz CT molecular complexity index is 1380. The van der Waals surface area contributed by atoms with Crippen LogP contribution in [0.15, 0.2) is 120 Å². The number of non-ortho nitro benzene ring substituents is 1. The lowest BCUT2D eigenvalue weighted by molar-refractivity contribution is -0.384. The molecular weight excluding hydrogens is 554 g/mol. The van der Waals surface area contributed by atoms with Crippen molar-refractivity contribution in [1.29, 1.82) is 0 Å². The Morgan fingerprint density at radius 1 is 0.667 bits per heavy atom. The van der Waals surface area contributed by atoms with Gasteiger partial charge in [-0.1, -0.05) is 103 Å². The fourth-order valence-corrected chi connectivity index (χ4v) is 5.90. The van der Waals surface area contributed by atoms with Crippen molar-refractivity contribution in [3.05, 3.63) is 142 Å². The fraction of sp³-hybridized carbons (Fsp3) is 0.273. The number of aliphatic hydroxyl groups excluding tert-OH is 1. The zero-order valence-corrected chi connectivity index (χ0v) is 23.8. The Kier molecular flexibility index (Phi) is 10.7. The average molecular weight is 588 g/mol. The number of rotatable bonds is 13. The number of nitro groups is 1. The van der Waals surface area contributed by atoms with Gasteiger partial charge in [0.05, 0.1) is 31.4 Å². The van der Waals surface area contributed by atoms with Gasteiger partial charge in [-0.3, -0.25) is 10.1 Å². The molecule has 9 heteroatoms. The van der Waals surface area contributed by atoms with Crippen LogP contribution in [-0.4, -0.2) is 46.5 Å². The van der Waals surface area contributed by atoms with Gasteiger partial charge in [0.25, 0.3) is 5.69 Å². The number of ether oxygens (including phenoxy) is 4. The molecule has 0 aromatic heterocycles. The van der Waals surface area contributed by atoms with E-state index in [2.05, 4.69) is 0 Å². The molecule has 0 radical (unpaired) electrons. The Balaban J connectivity index is 1.44. The molecule has 0 unspecified atom stereocenters. The minimum absolute atomic E-state index is 0.00692.